The number of nitrogens with zero attached hydrogens (tertiary/aromatic N) is 1. The van der Waals surface area contributed by atoms with E-state index in [9.17, 15) is 9.59 Å². The third-order valence-electron chi connectivity index (χ3n) is 5.78. The number of carbonyl (C=O) groups is 2. The molecule has 0 saturated carbocycles. The molecule has 1 aliphatic heterocycles. The molecule has 0 radical (unpaired) electrons. The fourth-order valence-electron chi connectivity index (χ4n) is 4.03. The van der Waals surface area contributed by atoms with Crippen molar-refractivity contribution in [3.8, 4) is 5.75 Å². The van der Waals surface area contributed by atoms with Crippen LogP contribution in [-0.4, -0.2) is 31.5 Å². The minimum absolute atomic E-state index is 0.108. The Balaban J connectivity index is 1.52. The number of carbonyl (C=O) groups excluding carboxylic acids is 2. The van der Waals surface area contributed by atoms with E-state index in [1.165, 1.54) is 11.1 Å². The number of rotatable bonds is 8. The van der Waals surface area contributed by atoms with Gasteiger partial charge in [0.2, 0.25) is 0 Å². The summed E-state index contributed by atoms with van der Waals surface area (Å²) in [4.78, 5) is 27.8. The number of para-hydroxylation sites is 1. The Morgan fingerprint density at radius 2 is 1.71 bits per heavy atom. The molecule has 0 saturated heterocycles. The molecule has 1 aliphatic rings. The van der Waals surface area contributed by atoms with E-state index in [0.717, 1.165) is 25.2 Å². The number of ether oxygens (including phenoxy) is 1. The van der Waals surface area contributed by atoms with Gasteiger partial charge in [0.1, 0.15) is 5.75 Å². The van der Waals surface area contributed by atoms with Gasteiger partial charge in [0, 0.05) is 31.0 Å². The summed E-state index contributed by atoms with van der Waals surface area (Å²) in [6.07, 6.45) is 0.929. The molecule has 2 amide bonds. The van der Waals surface area contributed by atoms with Crippen LogP contribution in [0.4, 0.5) is 11.4 Å². The predicted molar refractivity (Wildman–Crippen MR) is 135 cm³/mol. The van der Waals surface area contributed by atoms with Crippen molar-refractivity contribution >= 4 is 23.2 Å². The molecule has 0 bridgehead atoms. The number of anilines is 2. The molecular formula is C28H31N3O3. The van der Waals surface area contributed by atoms with Crippen LogP contribution in [0.5, 0.6) is 5.75 Å². The summed E-state index contributed by atoms with van der Waals surface area (Å²) in [5.41, 5.74) is 4.62. The van der Waals surface area contributed by atoms with Gasteiger partial charge in [-0.15, -0.1) is 0 Å². The SMILES string of the molecule is CC(C)CNC(=O)c1cc(NC(=O)COc2ccccc2)ccc1N1CCc2ccccc2C1. The molecule has 176 valence electrons. The number of nitrogens with one attached hydrogen (secondary N) is 2. The van der Waals surface area contributed by atoms with Crippen molar-refractivity contribution in [1.82, 2.24) is 5.32 Å². The summed E-state index contributed by atoms with van der Waals surface area (Å²) >= 11 is 0. The molecule has 6 nitrogen and oxygen atoms in total. The zero-order valence-electron chi connectivity index (χ0n) is 19.7. The van der Waals surface area contributed by atoms with Gasteiger partial charge in [-0.25, -0.2) is 0 Å². The topological polar surface area (TPSA) is 70.7 Å². The molecule has 34 heavy (non-hydrogen) atoms. The first-order valence-electron chi connectivity index (χ1n) is 11.7. The maximum atomic E-state index is 13.1. The van der Waals surface area contributed by atoms with E-state index in [0.29, 0.717) is 29.5 Å². The van der Waals surface area contributed by atoms with Crippen LogP contribution in [0.25, 0.3) is 0 Å². The average molecular weight is 458 g/mol. The van der Waals surface area contributed by atoms with Gasteiger partial charge in [0.25, 0.3) is 11.8 Å². The molecule has 0 spiro atoms. The molecule has 0 aliphatic carbocycles. The largest absolute Gasteiger partial charge is 0.484 e. The summed E-state index contributed by atoms with van der Waals surface area (Å²) < 4.78 is 5.54. The Bertz CT molecular complexity index is 1140. The van der Waals surface area contributed by atoms with E-state index in [-0.39, 0.29) is 18.4 Å². The first-order valence-corrected chi connectivity index (χ1v) is 11.7. The first-order chi connectivity index (χ1) is 16.5. The highest BCUT2D eigenvalue weighted by Crippen LogP contribution is 2.29. The normalized spacial score (nSPS) is 12.7. The smallest absolute Gasteiger partial charge is 0.262 e. The minimum atomic E-state index is -0.281. The van der Waals surface area contributed by atoms with E-state index >= 15 is 0 Å². The van der Waals surface area contributed by atoms with E-state index in [1.807, 2.05) is 30.3 Å². The van der Waals surface area contributed by atoms with E-state index in [2.05, 4.69) is 53.6 Å². The van der Waals surface area contributed by atoms with Crippen LogP contribution in [0.15, 0.2) is 72.8 Å². The number of fused-ring (bicyclic) bond motifs is 1. The average Bonchev–Trinajstić information content (AvgIpc) is 2.86. The highest BCUT2D eigenvalue weighted by Gasteiger charge is 2.22. The summed E-state index contributed by atoms with van der Waals surface area (Å²) in [5.74, 6) is 0.552. The van der Waals surface area contributed by atoms with E-state index < -0.39 is 0 Å². The molecule has 0 aromatic heterocycles. The molecule has 2 N–H and O–H groups in total. The van der Waals surface area contributed by atoms with Gasteiger partial charge in [0.15, 0.2) is 6.61 Å². The number of hydrogen-bond donors (Lipinski definition) is 2. The molecule has 4 rings (SSSR count). The van der Waals surface area contributed by atoms with Gasteiger partial charge in [0.05, 0.1) is 5.56 Å². The van der Waals surface area contributed by atoms with Crippen molar-refractivity contribution in [2.45, 2.75) is 26.8 Å². The van der Waals surface area contributed by atoms with E-state index in [4.69, 9.17) is 4.74 Å². The molecule has 0 atom stereocenters. The Morgan fingerprint density at radius 1 is 0.971 bits per heavy atom. The lowest BCUT2D eigenvalue weighted by Gasteiger charge is -2.32. The van der Waals surface area contributed by atoms with Crippen molar-refractivity contribution in [1.29, 1.82) is 0 Å². The van der Waals surface area contributed by atoms with Gasteiger partial charge in [-0.3, -0.25) is 9.59 Å². The predicted octanol–water partition coefficient (Wildman–Crippen LogP) is 4.65. The van der Waals surface area contributed by atoms with Gasteiger partial charge >= 0.3 is 0 Å². The highest BCUT2D eigenvalue weighted by atomic mass is 16.5. The second kappa shape index (κ2) is 10.9. The fraction of sp³-hybridized carbons (Fsp3) is 0.286. The molecule has 0 fully saturated rings. The molecule has 3 aromatic carbocycles. The van der Waals surface area contributed by atoms with E-state index in [1.54, 1.807) is 18.2 Å². The monoisotopic (exact) mass is 457 g/mol. The van der Waals surface area contributed by atoms with Crippen LogP contribution in [0.2, 0.25) is 0 Å². The number of amides is 2. The fourth-order valence-corrected chi connectivity index (χ4v) is 4.03. The summed E-state index contributed by atoms with van der Waals surface area (Å²) in [6.45, 7) is 6.18. The van der Waals surface area contributed by atoms with Crippen molar-refractivity contribution in [3.05, 3.63) is 89.5 Å². The molecule has 1 heterocycles. The first kappa shape index (κ1) is 23.4. The lowest BCUT2D eigenvalue weighted by Crippen LogP contribution is -2.34. The third kappa shape index (κ3) is 5.95. The summed E-state index contributed by atoms with van der Waals surface area (Å²) in [6, 6.07) is 23.1. The minimum Gasteiger partial charge on any atom is -0.484 e. The van der Waals surface area contributed by atoms with Crippen LogP contribution in [0, 0.1) is 5.92 Å². The van der Waals surface area contributed by atoms with Crippen molar-refractivity contribution in [3.63, 3.8) is 0 Å². The summed E-state index contributed by atoms with van der Waals surface area (Å²) in [5, 5.41) is 5.88. The van der Waals surface area contributed by atoms with Crippen molar-refractivity contribution < 1.29 is 14.3 Å². The zero-order valence-corrected chi connectivity index (χ0v) is 19.7. The summed E-state index contributed by atoms with van der Waals surface area (Å²) in [7, 11) is 0. The number of hydrogen-bond acceptors (Lipinski definition) is 4. The van der Waals surface area contributed by atoms with Crippen molar-refractivity contribution in [2.75, 3.05) is 29.9 Å². The van der Waals surface area contributed by atoms with Crippen LogP contribution < -0.4 is 20.3 Å². The molecule has 6 heteroatoms. The Kier molecular flexibility index (Phi) is 7.48. The quantitative estimate of drug-likeness (QED) is 0.517. The molecule has 0 unspecified atom stereocenters. The van der Waals surface area contributed by atoms with Crippen LogP contribution in [0.3, 0.4) is 0 Å². The van der Waals surface area contributed by atoms with Crippen LogP contribution in [-0.2, 0) is 17.8 Å². The van der Waals surface area contributed by atoms with Gasteiger partial charge < -0.3 is 20.3 Å². The Morgan fingerprint density at radius 3 is 2.47 bits per heavy atom. The van der Waals surface area contributed by atoms with Gasteiger partial charge in [-0.1, -0.05) is 56.3 Å². The third-order valence-corrected chi connectivity index (χ3v) is 5.78. The molecule has 3 aromatic rings. The Hall–Kier alpha value is -3.80. The van der Waals surface area contributed by atoms with Gasteiger partial charge in [-0.2, -0.15) is 0 Å². The zero-order chi connectivity index (χ0) is 23.9. The molecular weight excluding hydrogens is 426 g/mol. The van der Waals surface area contributed by atoms with Crippen LogP contribution >= 0.6 is 0 Å². The lowest BCUT2D eigenvalue weighted by atomic mass is 9.98. The Labute approximate surface area is 200 Å². The van der Waals surface area contributed by atoms with Gasteiger partial charge in [-0.05, 0) is 53.8 Å². The van der Waals surface area contributed by atoms with Crippen molar-refractivity contribution in [2.24, 2.45) is 5.92 Å². The second-order valence-corrected chi connectivity index (χ2v) is 8.93. The number of benzene rings is 3. The highest BCUT2D eigenvalue weighted by molar-refractivity contribution is 6.02. The maximum absolute atomic E-state index is 13.1. The standard InChI is InChI=1S/C28H31N3O3/c1-20(2)17-29-28(33)25-16-23(30-27(32)19-34-24-10-4-3-5-11-24)12-13-26(25)31-15-14-21-8-6-7-9-22(21)18-31/h3-13,16,20H,14-15,17-19H2,1-2H3,(H,29,33)(H,30,32). The maximum Gasteiger partial charge on any atom is 0.262 e. The lowest BCUT2D eigenvalue weighted by molar-refractivity contribution is -0.118. The second-order valence-electron chi connectivity index (χ2n) is 8.93. The van der Waals surface area contributed by atoms with Crippen LogP contribution in [0.1, 0.15) is 35.3 Å².